The standard InChI is InChI=1S/C21H18O8/c1-12(22)29-21(14-3-5-17-19(8-14)28-11-26-17)15(9-24-20(21)23)6-13-2-4-16-18(7-13)27-10-25-16/h2-5,7-8,15H,6,9-11H2,1H3. The summed E-state index contributed by atoms with van der Waals surface area (Å²) >= 11 is 0. The van der Waals surface area contributed by atoms with E-state index in [0.29, 0.717) is 35.0 Å². The number of cyclic esters (lactones) is 1. The zero-order valence-electron chi connectivity index (χ0n) is 15.6. The molecule has 2 aromatic rings. The normalized spacial score (nSPS) is 23.8. The first kappa shape index (κ1) is 17.7. The van der Waals surface area contributed by atoms with Gasteiger partial charge in [-0.05, 0) is 36.2 Å². The van der Waals surface area contributed by atoms with Gasteiger partial charge in [0.15, 0.2) is 23.0 Å². The van der Waals surface area contributed by atoms with E-state index in [1.807, 2.05) is 18.2 Å². The topological polar surface area (TPSA) is 89.5 Å². The lowest BCUT2D eigenvalue weighted by Crippen LogP contribution is -2.43. The summed E-state index contributed by atoms with van der Waals surface area (Å²) in [5.41, 5.74) is -0.163. The summed E-state index contributed by atoms with van der Waals surface area (Å²) in [7, 11) is 0. The Labute approximate surface area is 166 Å². The molecule has 1 fully saturated rings. The van der Waals surface area contributed by atoms with Crippen LogP contribution in [0.25, 0.3) is 0 Å². The summed E-state index contributed by atoms with van der Waals surface area (Å²) in [4.78, 5) is 24.9. The van der Waals surface area contributed by atoms with Gasteiger partial charge >= 0.3 is 11.9 Å². The summed E-state index contributed by atoms with van der Waals surface area (Å²) < 4.78 is 32.6. The Morgan fingerprint density at radius 3 is 2.34 bits per heavy atom. The van der Waals surface area contributed by atoms with E-state index in [0.717, 1.165) is 5.56 Å². The molecule has 8 nitrogen and oxygen atoms in total. The van der Waals surface area contributed by atoms with Crippen LogP contribution < -0.4 is 18.9 Å². The second-order valence-electron chi connectivity index (χ2n) is 7.08. The van der Waals surface area contributed by atoms with Crippen LogP contribution in [0.2, 0.25) is 0 Å². The molecule has 0 radical (unpaired) electrons. The molecule has 3 aliphatic rings. The van der Waals surface area contributed by atoms with E-state index in [9.17, 15) is 9.59 Å². The van der Waals surface area contributed by atoms with Crippen LogP contribution in [0.1, 0.15) is 18.1 Å². The van der Waals surface area contributed by atoms with Crippen molar-refractivity contribution in [3.63, 3.8) is 0 Å². The Bertz CT molecular complexity index is 1000. The van der Waals surface area contributed by atoms with Gasteiger partial charge in [0, 0.05) is 12.5 Å². The smallest absolute Gasteiger partial charge is 0.355 e. The van der Waals surface area contributed by atoms with Crippen LogP contribution >= 0.6 is 0 Å². The fraction of sp³-hybridized carbons (Fsp3) is 0.333. The van der Waals surface area contributed by atoms with Gasteiger partial charge in [-0.25, -0.2) is 4.79 Å². The highest BCUT2D eigenvalue weighted by Gasteiger charge is 2.57. The van der Waals surface area contributed by atoms with Gasteiger partial charge in [-0.3, -0.25) is 4.79 Å². The predicted molar refractivity (Wildman–Crippen MR) is 96.7 cm³/mol. The van der Waals surface area contributed by atoms with Gasteiger partial charge in [0.2, 0.25) is 19.2 Å². The Morgan fingerprint density at radius 1 is 0.966 bits per heavy atom. The van der Waals surface area contributed by atoms with E-state index in [-0.39, 0.29) is 20.2 Å². The van der Waals surface area contributed by atoms with Crippen LogP contribution in [-0.4, -0.2) is 32.1 Å². The number of carbonyl (C=O) groups excluding carboxylic acids is 2. The van der Waals surface area contributed by atoms with Crippen LogP contribution in [0.15, 0.2) is 36.4 Å². The summed E-state index contributed by atoms with van der Waals surface area (Å²) in [5, 5.41) is 0. The number of hydrogen-bond acceptors (Lipinski definition) is 8. The molecule has 0 aliphatic carbocycles. The predicted octanol–water partition coefficient (Wildman–Crippen LogP) is 2.32. The van der Waals surface area contributed by atoms with Crippen molar-refractivity contribution in [3.05, 3.63) is 47.5 Å². The molecule has 150 valence electrons. The lowest BCUT2D eigenvalue weighted by molar-refractivity contribution is -0.175. The fourth-order valence-electron chi connectivity index (χ4n) is 4.01. The number of carbonyl (C=O) groups is 2. The Balaban J connectivity index is 1.54. The molecule has 2 atom stereocenters. The molecule has 0 spiro atoms. The zero-order valence-corrected chi connectivity index (χ0v) is 15.6. The minimum absolute atomic E-state index is 0.102. The average Bonchev–Trinajstić information content (AvgIpc) is 3.42. The van der Waals surface area contributed by atoms with Crippen molar-refractivity contribution in [1.82, 2.24) is 0 Å². The van der Waals surface area contributed by atoms with Crippen molar-refractivity contribution < 1.29 is 38.0 Å². The third-order valence-electron chi connectivity index (χ3n) is 5.32. The molecule has 1 saturated heterocycles. The third kappa shape index (κ3) is 2.83. The van der Waals surface area contributed by atoms with Crippen LogP contribution in [-0.2, 0) is 31.1 Å². The second-order valence-corrected chi connectivity index (χ2v) is 7.08. The largest absolute Gasteiger partial charge is 0.462 e. The number of ether oxygens (including phenoxy) is 6. The molecule has 3 aliphatic heterocycles. The van der Waals surface area contributed by atoms with Crippen LogP contribution in [0, 0.1) is 5.92 Å². The summed E-state index contributed by atoms with van der Waals surface area (Å²) in [6.45, 7) is 1.68. The minimum atomic E-state index is -1.57. The van der Waals surface area contributed by atoms with Gasteiger partial charge in [0.05, 0.1) is 12.5 Å². The SMILES string of the molecule is CC(=O)OC1(c2ccc3c(c2)OCO3)C(=O)OCC1Cc1ccc2c(c1)OCO2. The van der Waals surface area contributed by atoms with Gasteiger partial charge in [-0.15, -0.1) is 0 Å². The molecule has 0 amide bonds. The first-order chi connectivity index (χ1) is 14.1. The zero-order chi connectivity index (χ0) is 20.0. The Kier molecular flexibility index (Phi) is 4.01. The van der Waals surface area contributed by atoms with Gasteiger partial charge in [0.25, 0.3) is 0 Å². The number of fused-ring (bicyclic) bond motifs is 2. The molecular weight excluding hydrogens is 380 g/mol. The van der Waals surface area contributed by atoms with E-state index in [4.69, 9.17) is 28.4 Å². The number of esters is 2. The molecule has 0 N–H and O–H groups in total. The van der Waals surface area contributed by atoms with Gasteiger partial charge < -0.3 is 28.4 Å². The molecule has 0 aromatic heterocycles. The van der Waals surface area contributed by atoms with Crippen molar-refractivity contribution in [3.8, 4) is 23.0 Å². The monoisotopic (exact) mass is 398 g/mol. The molecule has 0 bridgehead atoms. The molecule has 2 aromatic carbocycles. The number of hydrogen-bond donors (Lipinski definition) is 0. The van der Waals surface area contributed by atoms with Crippen molar-refractivity contribution in [1.29, 1.82) is 0 Å². The third-order valence-corrected chi connectivity index (χ3v) is 5.32. The van der Waals surface area contributed by atoms with Crippen molar-refractivity contribution in [2.45, 2.75) is 18.9 Å². The maximum Gasteiger partial charge on any atom is 0.355 e. The van der Waals surface area contributed by atoms with Gasteiger partial charge in [-0.2, -0.15) is 0 Å². The summed E-state index contributed by atoms with van der Waals surface area (Å²) in [6.07, 6.45) is 0.435. The quantitative estimate of drug-likeness (QED) is 0.725. The maximum atomic E-state index is 12.9. The van der Waals surface area contributed by atoms with Crippen LogP contribution in [0.4, 0.5) is 0 Å². The molecule has 5 rings (SSSR count). The number of benzene rings is 2. The van der Waals surface area contributed by atoms with Crippen LogP contribution in [0.5, 0.6) is 23.0 Å². The lowest BCUT2D eigenvalue weighted by atomic mass is 9.79. The first-order valence-corrected chi connectivity index (χ1v) is 9.22. The van der Waals surface area contributed by atoms with Crippen molar-refractivity contribution in [2.75, 3.05) is 20.2 Å². The first-order valence-electron chi connectivity index (χ1n) is 9.22. The minimum Gasteiger partial charge on any atom is -0.462 e. The van der Waals surface area contributed by atoms with Crippen molar-refractivity contribution >= 4 is 11.9 Å². The average molecular weight is 398 g/mol. The maximum absolute atomic E-state index is 12.9. The molecule has 0 saturated carbocycles. The van der Waals surface area contributed by atoms with E-state index in [2.05, 4.69) is 0 Å². The van der Waals surface area contributed by atoms with E-state index < -0.39 is 23.5 Å². The highest BCUT2D eigenvalue weighted by molar-refractivity contribution is 5.87. The highest BCUT2D eigenvalue weighted by atomic mass is 16.7. The lowest BCUT2D eigenvalue weighted by Gasteiger charge is -2.31. The highest BCUT2D eigenvalue weighted by Crippen LogP contribution is 2.46. The second kappa shape index (κ2) is 6.58. The Hall–Kier alpha value is -3.42. The molecule has 2 unspecified atom stereocenters. The molecule has 3 heterocycles. The van der Waals surface area contributed by atoms with E-state index in [1.54, 1.807) is 18.2 Å². The van der Waals surface area contributed by atoms with Crippen molar-refractivity contribution in [2.24, 2.45) is 5.92 Å². The van der Waals surface area contributed by atoms with Gasteiger partial charge in [0.1, 0.15) is 0 Å². The molecule has 29 heavy (non-hydrogen) atoms. The molecule has 8 heteroatoms. The van der Waals surface area contributed by atoms with Crippen LogP contribution in [0.3, 0.4) is 0 Å². The fourth-order valence-corrected chi connectivity index (χ4v) is 4.01. The molecular formula is C21H18O8. The summed E-state index contributed by atoms with van der Waals surface area (Å²) in [6, 6.07) is 10.7. The van der Waals surface area contributed by atoms with Gasteiger partial charge in [-0.1, -0.05) is 12.1 Å². The summed E-state index contributed by atoms with van der Waals surface area (Å²) in [5.74, 6) is 0.790. The Morgan fingerprint density at radius 2 is 1.62 bits per heavy atom. The number of rotatable bonds is 4. The van der Waals surface area contributed by atoms with E-state index >= 15 is 0 Å². The van der Waals surface area contributed by atoms with E-state index in [1.165, 1.54) is 6.92 Å².